The Balaban J connectivity index is 2.30. The van der Waals surface area contributed by atoms with E-state index in [9.17, 15) is 9.59 Å². The Bertz CT molecular complexity index is 603. The summed E-state index contributed by atoms with van der Waals surface area (Å²) >= 11 is 0. The van der Waals surface area contributed by atoms with Gasteiger partial charge in [0.2, 0.25) is 0 Å². The third-order valence-corrected chi connectivity index (χ3v) is 3.06. The minimum absolute atomic E-state index is 0.304. The summed E-state index contributed by atoms with van der Waals surface area (Å²) in [7, 11) is 1.49. The molecule has 0 aliphatic heterocycles. The third-order valence-electron chi connectivity index (χ3n) is 3.06. The molecule has 5 nitrogen and oxygen atoms in total. The molecule has 2 aromatic rings. The second-order valence-corrected chi connectivity index (χ2v) is 4.21. The van der Waals surface area contributed by atoms with Gasteiger partial charge in [-0.15, -0.1) is 0 Å². The van der Waals surface area contributed by atoms with E-state index in [0.29, 0.717) is 5.56 Å². The number of likely N-dealkylation sites (N-methyl/N-ethyl adjacent to an activating group) is 1. The lowest BCUT2D eigenvalue weighted by molar-refractivity contribution is -0.141. The number of aromatic nitrogens is 1. The Morgan fingerprint density at radius 3 is 2.72 bits per heavy atom. The predicted molar refractivity (Wildman–Crippen MR) is 67.5 cm³/mol. The van der Waals surface area contributed by atoms with Crippen LogP contribution in [0.15, 0.2) is 30.5 Å². The van der Waals surface area contributed by atoms with E-state index in [1.165, 1.54) is 18.9 Å². The van der Waals surface area contributed by atoms with Crippen LogP contribution in [0.3, 0.4) is 0 Å². The Morgan fingerprint density at radius 1 is 1.33 bits per heavy atom. The minimum Gasteiger partial charge on any atom is -0.480 e. The quantitative estimate of drug-likeness (QED) is 0.865. The lowest BCUT2D eigenvalue weighted by Crippen LogP contribution is -2.40. The highest BCUT2D eigenvalue weighted by Crippen LogP contribution is 2.16. The van der Waals surface area contributed by atoms with Crippen molar-refractivity contribution >= 4 is 22.8 Å². The van der Waals surface area contributed by atoms with E-state index in [1.54, 1.807) is 18.3 Å². The zero-order chi connectivity index (χ0) is 13.3. The summed E-state index contributed by atoms with van der Waals surface area (Å²) in [5.74, 6) is -1.33. The average Bonchev–Trinajstić information content (AvgIpc) is 2.82. The maximum Gasteiger partial charge on any atom is 0.326 e. The normalized spacial score (nSPS) is 12.3. The first-order chi connectivity index (χ1) is 8.50. The molecule has 1 amide bonds. The maximum absolute atomic E-state index is 12.1. The lowest BCUT2D eigenvalue weighted by Gasteiger charge is -2.21. The van der Waals surface area contributed by atoms with Crippen molar-refractivity contribution in [3.63, 3.8) is 0 Å². The van der Waals surface area contributed by atoms with Gasteiger partial charge in [-0.05, 0) is 30.5 Å². The number of amides is 1. The van der Waals surface area contributed by atoms with Crippen molar-refractivity contribution in [1.82, 2.24) is 9.88 Å². The Morgan fingerprint density at radius 2 is 2.06 bits per heavy atom. The molecule has 0 radical (unpaired) electrons. The summed E-state index contributed by atoms with van der Waals surface area (Å²) in [5, 5.41) is 9.90. The number of rotatable bonds is 3. The van der Waals surface area contributed by atoms with Gasteiger partial charge in [0.1, 0.15) is 6.04 Å². The molecule has 1 aromatic heterocycles. The van der Waals surface area contributed by atoms with E-state index < -0.39 is 12.0 Å². The van der Waals surface area contributed by atoms with Crippen molar-refractivity contribution in [3.8, 4) is 0 Å². The number of hydrogen-bond donors (Lipinski definition) is 2. The number of nitrogens with one attached hydrogen (secondary N) is 1. The van der Waals surface area contributed by atoms with E-state index in [4.69, 9.17) is 5.11 Å². The van der Waals surface area contributed by atoms with Gasteiger partial charge in [0.15, 0.2) is 0 Å². The number of carbonyl (C=O) groups is 2. The molecule has 0 saturated carbocycles. The molecule has 0 fully saturated rings. The fourth-order valence-electron chi connectivity index (χ4n) is 1.73. The molecular formula is C13H14N2O3. The number of H-pyrrole nitrogens is 1. The fourth-order valence-corrected chi connectivity index (χ4v) is 1.73. The number of carbonyl (C=O) groups excluding carboxylic acids is 1. The van der Waals surface area contributed by atoms with Gasteiger partial charge in [-0.2, -0.15) is 0 Å². The van der Waals surface area contributed by atoms with Crippen LogP contribution >= 0.6 is 0 Å². The van der Waals surface area contributed by atoms with Crippen molar-refractivity contribution < 1.29 is 14.7 Å². The first-order valence-corrected chi connectivity index (χ1v) is 5.58. The highest BCUT2D eigenvalue weighted by Gasteiger charge is 2.22. The van der Waals surface area contributed by atoms with Gasteiger partial charge >= 0.3 is 5.97 Å². The van der Waals surface area contributed by atoms with Gasteiger partial charge in [-0.1, -0.05) is 6.07 Å². The zero-order valence-electron chi connectivity index (χ0n) is 10.2. The van der Waals surface area contributed by atoms with E-state index in [1.807, 2.05) is 12.1 Å². The molecule has 0 aliphatic rings. The van der Waals surface area contributed by atoms with Crippen LogP contribution in [0.25, 0.3) is 10.9 Å². The molecule has 0 bridgehead atoms. The van der Waals surface area contributed by atoms with E-state index in [2.05, 4.69) is 4.98 Å². The second kappa shape index (κ2) is 4.52. The predicted octanol–water partition coefficient (Wildman–Crippen LogP) is 1.71. The summed E-state index contributed by atoms with van der Waals surface area (Å²) in [6.07, 6.45) is 1.79. The van der Waals surface area contributed by atoms with Crippen LogP contribution in [-0.2, 0) is 4.79 Å². The number of benzene rings is 1. The van der Waals surface area contributed by atoms with E-state index in [0.717, 1.165) is 10.9 Å². The first-order valence-electron chi connectivity index (χ1n) is 5.58. The standard InChI is InChI=1S/C13H14N2O3/c1-8(13(17)18)15(2)12(16)10-4-3-9-5-6-14-11(9)7-10/h3-8,14H,1-2H3,(H,17,18). The van der Waals surface area contributed by atoms with Crippen LogP contribution in [0.1, 0.15) is 17.3 Å². The largest absolute Gasteiger partial charge is 0.480 e. The van der Waals surface area contributed by atoms with Crippen LogP contribution < -0.4 is 0 Å². The number of carboxylic acid groups (broad SMARTS) is 1. The van der Waals surface area contributed by atoms with Gasteiger partial charge in [0.25, 0.3) is 5.91 Å². The smallest absolute Gasteiger partial charge is 0.326 e. The van der Waals surface area contributed by atoms with E-state index in [-0.39, 0.29) is 5.91 Å². The Hall–Kier alpha value is -2.30. The molecule has 0 aliphatic carbocycles. The second-order valence-electron chi connectivity index (χ2n) is 4.21. The molecular weight excluding hydrogens is 232 g/mol. The highest BCUT2D eigenvalue weighted by molar-refractivity contribution is 5.99. The Labute approximate surface area is 104 Å². The van der Waals surface area contributed by atoms with Crippen LogP contribution in [0.5, 0.6) is 0 Å². The molecule has 0 saturated heterocycles. The number of fused-ring (bicyclic) bond motifs is 1. The number of carboxylic acids is 1. The number of nitrogens with zero attached hydrogens (tertiary/aromatic N) is 1. The van der Waals surface area contributed by atoms with Gasteiger partial charge in [0, 0.05) is 24.3 Å². The zero-order valence-corrected chi connectivity index (χ0v) is 10.2. The molecule has 5 heteroatoms. The molecule has 1 unspecified atom stereocenters. The molecule has 1 aromatic carbocycles. The summed E-state index contributed by atoms with van der Waals surface area (Å²) in [5.41, 5.74) is 1.33. The molecule has 1 atom stereocenters. The number of aromatic amines is 1. The number of hydrogen-bond acceptors (Lipinski definition) is 2. The van der Waals surface area contributed by atoms with E-state index >= 15 is 0 Å². The van der Waals surface area contributed by atoms with Crippen LogP contribution in [0, 0.1) is 0 Å². The molecule has 18 heavy (non-hydrogen) atoms. The Kier molecular flexibility index (Phi) is 3.06. The monoisotopic (exact) mass is 246 g/mol. The van der Waals surface area contributed by atoms with Crippen LogP contribution in [0.4, 0.5) is 0 Å². The maximum atomic E-state index is 12.1. The molecule has 2 N–H and O–H groups in total. The van der Waals surface area contributed by atoms with Gasteiger partial charge in [0.05, 0.1) is 0 Å². The summed E-state index contributed by atoms with van der Waals surface area (Å²) in [6.45, 7) is 1.48. The topological polar surface area (TPSA) is 73.4 Å². The fraction of sp³-hybridized carbons (Fsp3) is 0.231. The van der Waals surface area contributed by atoms with Gasteiger partial charge < -0.3 is 15.0 Å². The van der Waals surface area contributed by atoms with Gasteiger partial charge in [-0.3, -0.25) is 4.79 Å². The van der Waals surface area contributed by atoms with Crippen molar-refractivity contribution in [2.24, 2.45) is 0 Å². The SMILES string of the molecule is CC(C(=O)O)N(C)C(=O)c1ccc2cc[nH]c2c1. The van der Waals surface area contributed by atoms with Crippen LogP contribution in [-0.4, -0.2) is 40.0 Å². The van der Waals surface area contributed by atoms with Crippen molar-refractivity contribution in [2.45, 2.75) is 13.0 Å². The summed E-state index contributed by atoms with van der Waals surface area (Å²) in [6, 6.07) is 6.31. The molecule has 94 valence electrons. The first kappa shape index (κ1) is 12.2. The summed E-state index contributed by atoms with van der Waals surface area (Å²) < 4.78 is 0. The van der Waals surface area contributed by atoms with Crippen molar-refractivity contribution in [3.05, 3.63) is 36.0 Å². The van der Waals surface area contributed by atoms with Gasteiger partial charge in [-0.25, -0.2) is 4.79 Å². The lowest BCUT2D eigenvalue weighted by atomic mass is 10.1. The van der Waals surface area contributed by atoms with Crippen molar-refractivity contribution in [2.75, 3.05) is 7.05 Å². The highest BCUT2D eigenvalue weighted by atomic mass is 16.4. The minimum atomic E-state index is -1.02. The summed E-state index contributed by atoms with van der Waals surface area (Å²) in [4.78, 5) is 27.2. The number of aliphatic carboxylic acids is 1. The molecule has 0 spiro atoms. The average molecular weight is 246 g/mol. The van der Waals surface area contributed by atoms with Crippen LogP contribution in [0.2, 0.25) is 0 Å². The van der Waals surface area contributed by atoms with Crippen molar-refractivity contribution in [1.29, 1.82) is 0 Å². The molecule has 1 heterocycles. The third kappa shape index (κ3) is 2.07. The molecule has 2 rings (SSSR count).